The number of Topliss-reactive ketones (excluding diaryl/α,β-unsaturated/α-hetero) is 1. The van der Waals surface area contributed by atoms with Gasteiger partial charge < -0.3 is 19.3 Å². The van der Waals surface area contributed by atoms with Gasteiger partial charge in [-0.15, -0.1) is 0 Å². The average molecular weight is 571 g/mol. The summed E-state index contributed by atoms with van der Waals surface area (Å²) < 4.78 is 16.6. The minimum atomic E-state index is -0.973. The number of carbonyl (C=O) groups is 3. The van der Waals surface area contributed by atoms with Crippen LogP contribution >= 0.6 is 0 Å². The van der Waals surface area contributed by atoms with E-state index in [9.17, 15) is 19.5 Å². The van der Waals surface area contributed by atoms with Gasteiger partial charge >= 0.3 is 11.9 Å². The van der Waals surface area contributed by atoms with Gasteiger partial charge in [0.25, 0.3) is 0 Å². The van der Waals surface area contributed by atoms with Crippen molar-refractivity contribution in [1.82, 2.24) is 0 Å². The van der Waals surface area contributed by atoms with Crippen LogP contribution in [0.5, 0.6) is 0 Å². The predicted octanol–water partition coefficient (Wildman–Crippen LogP) is 6.06. The van der Waals surface area contributed by atoms with Gasteiger partial charge in [-0.1, -0.05) is 44.2 Å². The fraction of sp³-hybridized carbons (Fsp3) is 0.676. The van der Waals surface area contributed by atoms with Crippen molar-refractivity contribution in [3.63, 3.8) is 0 Å². The zero-order valence-electron chi connectivity index (χ0n) is 26.6. The molecule has 0 amide bonds. The first-order valence-corrected chi connectivity index (χ1v) is 14.7. The summed E-state index contributed by atoms with van der Waals surface area (Å²) >= 11 is 0. The smallest absolute Gasteiger partial charge is 0.315 e. The van der Waals surface area contributed by atoms with Crippen molar-refractivity contribution >= 4 is 17.7 Å². The van der Waals surface area contributed by atoms with Gasteiger partial charge in [0.2, 0.25) is 0 Å². The number of fused-ring (bicyclic) bond motifs is 3. The van der Waals surface area contributed by atoms with E-state index < -0.39 is 23.1 Å². The number of methoxy groups -OCH3 is 2. The van der Waals surface area contributed by atoms with E-state index in [4.69, 9.17) is 14.2 Å². The van der Waals surface area contributed by atoms with Crippen molar-refractivity contribution in [3.05, 3.63) is 47.1 Å². The molecule has 7 heteroatoms. The molecule has 0 radical (unpaired) electrons. The van der Waals surface area contributed by atoms with Gasteiger partial charge in [-0.2, -0.15) is 0 Å². The Kier molecular flexibility index (Phi) is 9.66. The Labute approximate surface area is 246 Å². The normalized spacial score (nSPS) is 36.2. The van der Waals surface area contributed by atoms with Gasteiger partial charge in [0, 0.05) is 31.4 Å². The van der Waals surface area contributed by atoms with E-state index in [0.29, 0.717) is 12.8 Å². The molecule has 0 heterocycles. The number of hydrogen-bond donors (Lipinski definition) is 1. The zero-order valence-corrected chi connectivity index (χ0v) is 26.6. The van der Waals surface area contributed by atoms with Gasteiger partial charge in [0.1, 0.15) is 11.5 Å². The zero-order chi connectivity index (χ0) is 31.0. The lowest BCUT2D eigenvalue weighted by Gasteiger charge is -2.61. The lowest BCUT2D eigenvalue weighted by atomic mass is 9.42. The highest BCUT2D eigenvalue weighted by Crippen LogP contribution is 2.69. The van der Waals surface area contributed by atoms with Crippen LogP contribution in [0.4, 0.5) is 0 Å². The SMILES string of the molecule is COC(=O)C1(C)[C@H](OC(C)=O)CC[C@@]2(C)[C@H]1CC[C@]1(C)\C(=C(C)/C=C/C=C(\C)C(/C=C/C(C)(C)O)OC)C(=O)C[C@@H]21. The minimum absolute atomic E-state index is 0.0731. The molecule has 3 fully saturated rings. The number of hydrogen-bond acceptors (Lipinski definition) is 7. The highest BCUT2D eigenvalue weighted by molar-refractivity contribution is 6.01. The summed E-state index contributed by atoms with van der Waals surface area (Å²) in [6.45, 7) is 15.1. The number of ether oxygens (including phenoxy) is 3. The lowest BCUT2D eigenvalue weighted by Crippen LogP contribution is -2.62. The second kappa shape index (κ2) is 12.0. The fourth-order valence-electron chi connectivity index (χ4n) is 8.39. The maximum atomic E-state index is 13.7. The molecule has 3 aliphatic carbocycles. The summed E-state index contributed by atoms with van der Waals surface area (Å²) in [6, 6.07) is 0. The van der Waals surface area contributed by atoms with Crippen LogP contribution < -0.4 is 0 Å². The van der Waals surface area contributed by atoms with Gasteiger partial charge in [0.05, 0.1) is 18.8 Å². The molecule has 3 rings (SSSR count). The molecule has 41 heavy (non-hydrogen) atoms. The van der Waals surface area contributed by atoms with E-state index in [1.807, 2.05) is 45.1 Å². The topological polar surface area (TPSA) is 99.1 Å². The molecule has 2 unspecified atom stereocenters. The molecule has 0 spiro atoms. The molecule has 0 saturated heterocycles. The van der Waals surface area contributed by atoms with E-state index in [2.05, 4.69) is 13.8 Å². The lowest BCUT2D eigenvalue weighted by molar-refractivity contribution is -0.206. The molecule has 0 aromatic carbocycles. The summed E-state index contributed by atoms with van der Waals surface area (Å²) in [5.74, 6) is -0.574. The number of aliphatic hydroxyl groups is 1. The van der Waals surface area contributed by atoms with Crippen LogP contribution in [0.15, 0.2) is 47.1 Å². The van der Waals surface area contributed by atoms with Crippen LogP contribution in [-0.2, 0) is 28.6 Å². The van der Waals surface area contributed by atoms with Crippen LogP contribution in [0.3, 0.4) is 0 Å². The third kappa shape index (κ3) is 6.17. The van der Waals surface area contributed by atoms with E-state index in [1.54, 1.807) is 27.0 Å². The van der Waals surface area contributed by atoms with Crippen molar-refractivity contribution in [2.24, 2.45) is 28.1 Å². The second-order valence-corrected chi connectivity index (χ2v) is 13.6. The monoisotopic (exact) mass is 570 g/mol. The molecule has 7 atom stereocenters. The van der Waals surface area contributed by atoms with Gasteiger partial charge in [-0.05, 0) is 88.7 Å². The molecule has 0 aliphatic heterocycles. The van der Waals surface area contributed by atoms with E-state index in [1.165, 1.54) is 14.0 Å². The van der Waals surface area contributed by atoms with Crippen molar-refractivity contribution in [3.8, 4) is 0 Å². The van der Waals surface area contributed by atoms with Crippen molar-refractivity contribution in [2.45, 2.75) is 105 Å². The fourth-order valence-corrected chi connectivity index (χ4v) is 8.39. The maximum Gasteiger partial charge on any atom is 0.315 e. The molecule has 3 saturated carbocycles. The van der Waals surface area contributed by atoms with Crippen LogP contribution in [0, 0.1) is 28.1 Å². The molecule has 1 N–H and O–H groups in total. The number of esters is 2. The third-order valence-electron chi connectivity index (χ3n) is 10.3. The van der Waals surface area contributed by atoms with E-state index in [0.717, 1.165) is 36.0 Å². The standard InChI is InChI=1S/C34H50O7/c1-21(25(39-9)14-17-31(4,5)38)12-11-13-22(2)29-24(36)20-27-32(6)19-16-28(41-23(3)35)34(8,30(37)40-10)26(32)15-18-33(27,29)7/h11-14,17,25-28,38H,15-16,18-20H2,1-10H3/b13-11+,17-14+,21-12+,29-22-/t25?,26-,27+,28-,32+,33+,34?/m1/s1. The van der Waals surface area contributed by atoms with Crippen LogP contribution in [-0.4, -0.2) is 54.9 Å². The summed E-state index contributed by atoms with van der Waals surface area (Å²) in [7, 11) is 3.02. The van der Waals surface area contributed by atoms with Crippen molar-refractivity contribution < 1.29 is 33.7 Å². The molecule has 0 bridgehead atoms. The molecule has 0 aromatic heterocycles. The Hall–Kier alpha value is -2.51. The number of allylic oxidation sites excluding steroid dienone is 5. The first-order valence-electron chi connectivity index (χ1n) is 14.7. The summed E-state index contributed by atoms with van der Waals surface area (Å²) in [4.78, 5) is 38.9. The Bertz CT molecular complexity index is 1170. The molecule has 0 aromatic rings. The van der Waals surface area contributed by atoms with E-state index >= 15 is 0 Å². The minimum Gasteiger partial charge on any atom is -0.468 e. The van der Waals surface area contributed by atoms with Gasteiger partial charge in [-0.25, -0.2) is 0 Å². The van der Waals surface area contributed by atoms with Crippen LogP contribution in [0.1, 0.15) is 87.5 Å². The Morgan fingerprint density at radius 1 is 1.05 bits per heavy atom. The molecule has 3 aliphatic rings. The predicted molar refractivity (Wildman–Crippen MR) is 159 cm³/mol. The third-order valence-corrected chi connectivity index (χ3v) is 10.3. The Balaban J connectivity index is 1.95. The number of rotatable bonds is 8. The molecular formula is C34H50O7. The first-order chi connectivity index (χ1) is 19.0. The summed E-state index contributed by atoms with van der Waals surface area (Å²) in [5.41, 5.74) is 0.316. The number of carbonyl (C=O) groups excluding carboxylic acids is 3. The molecular weight excluding hydrogens is 520 g/mol. The van der Waals surface area contributed by atoms with Gasteiger partial charge in [0.15, 0.2) is 5.78 Å². The highest BCUT2D eigenvalue weighted by atomic mass is 16.6. The first kappa shape index (κ1) is 33.0. The quantitative estimate of drug-likeness (QED) is 0.164. The summed E-state index contributed by atoms with van der Waals surface area (Å²) in [5, 5.41) is 10.0. The van der Waals surface area contributed by atoms with Crippen molar-refractivity contribution in [1.29, 1.82) is 0 Å². The summed E-state index contributed by atoms with van der Waals surface area (Å²) in [6.07, 6.45) is 12.0. The maximum absolute atomic E-state index is 13.7. The average Bonchev–Trinajstić information content (AvgIpc) is 3.15. The number of ketones is 1. The molecule has 7 nitrogen and oxygen atoms in total. The second-order valence-electron chi connectivity index (χ2n) is 13.6. The van der Waals surface area contributed by atoms with Crippen LogP contribution in [0.2, 0.25) is 0 Å². The van der Waals surface area contributed by atoms with E-state index in [-0.39, 0.29) is 40.5 Å². The Morgan fingerprint density at radius 2 is 1.71 bits per heavy atom. The highest BCUT2D eigenvalue weighted by Gasteiger charge is 2.68. The Morgan fingerprint density at radius 3 is 2.27 bits per heavy atom. The molecule has 228 valence electrons. The van der Waals surface area contributed by atoms with Crippen molar-refractivity contribution in [2.75, 3.05) is 14.2 Å². The largest absolute Gasteiger partial charge is 0.468 e. The van der Waals surface area contributed by atoms with Gasteiger partial charge in [-0.3, -0.25) is 14.4 Å². The van der Waals surface area contributed by atoms with Crippen LogP contribution in [0.25, 0.3) is 0 Å².